The van der Waals surface area contributed by atoms with Gasteiger partial charge in [0.1, 0.15) is 0 Å². The van der Waals surface area contributed by atoms with Gasteiger partial charge in [-0.1, -0.05) is 0 Å². The van der Waals surface area contributed by atoms with Crippen molar-refractivity contribution in [2.24, 2.45) is 0 Å². The second-order valence-electron chi connectivity index (χ2n) is 3.21. The van der Waals surface area contributed by atoms with Crippen LogP contribution in [0.15, 0.2) is 18.7 Å². The van der Waals surface area contributed by atoms with Crippen LogP contribution in [0.25, 0.3) is 0 Å². The second kappa shape index (κ2) is 2.55. The zero-order valence-electron chi connectivity index (χ0n) is 6.40. The van der Waals surface area contributed by atoms with Crippen LogP contribution in [-0.4, -0.2) is 15.3 Å². The molecule has 2 rings (SSSR count). The molecular weight excluding hydrogens is 156 g/mol. The van der Waals surface area contributed by atoms with Crippen LogP contribution in [0.1, 0.15) is 19.3 Å². The molecule has 0 unspecified atom stereocenters. The summed E-state index contributed by atoms with van der Waals surface area (Å²) in [4.78, 5) is 4.05. The van der Waals surface area contributed by atoms with Gasteiger partial charge in [-0.3, -0.25) is 0 Å². The molecule has 3 heteroatoms. The van der Waals surface area contributed by atoms with Crippen LogP contribution < -0.4 is 0 Å². The maximum absolute atomic E-state index is 4.37. The smallest absolute Gasteiger partial charge is 0.0951 e. The first-order valence-corrected chi connectivity index (χ1v) is 4.60. The van der Waals surface area contributed by atoms with Crippen molar-refractivity contribution < 1.29 is 0 Å². The fourth-order valence-electron chi connectivity index (χ4n) is 1.62. The zero-order chi connectivity index (χ0) is 7.73. The van der Waals surface area contributed by atoms with Crippen molar-refractivity contribution in [3.63, 3.8) is 0 Å². The normalized spacial score (nSPS) is 21.2. The van der Waals surface area contributed by atoms with Gasteiger partial charge in [-0.15, -0.1) is 0 Å². The van der Waals surface area contributed by atoms with Gasteiger partial charge in [-0.05, 0) is 19.3 Å². The molecule has 0 N–H and O–H groups in total. The van der Waals surface area contributed by atoms with Crippen LogP contribution >= 0.6 is 12.6 Å². The number of aromatic nitrogens is 2. The Morgan fingerprint density at radius 1 is 1.55 bits per heavy atom. The number of hydrogen-bond donors (Lipinski definition) is 1. The minimum Gasteiger partial charge on any atom is -0.331 e. The van der Waals surface area contributed by atoms with Gasteiger partial charge < -0.3 is 4.57 Å². The van der Waals surface area contributed by atoms with Crippen molar-refractivity contribution in [3.8, 4) is 0 Å². The van der Waals surface area contributed by atoms with Crippen LogP contribution in [0.4, 0.5) is 0 Å². The average molecular weight is 168 g/mol. The minimum atomic E-state index is 0.305. The first kappa shape index (κ1) is 7.22. The van der Waals surface area contributed by atoms with Gasteiger partial charge in [0.2, 0.25) is 0 Å². The largest absolute Gasteiger partial charge is 0.331 e. The molecule has 0 spiro atoms. The summed E-state index contributed by atoms with van der Waals surface area (Å²) in [6.07, 6.45) is 9.62. The topological polar surface area (TPSA) is 17.8 Å². The third-order valence-corrected chi connectivity index (χ3v) is 3.22. The van der Waals surface area contributed by atoms with E-state index in [9.17, 15) is 0 Å². The molecule has 1 aromatic heterocycles. The fraction of sp³-hybridized carbons (Fsp3) is 0.625. The van der Waals surface area contributed by atoms with E-state index in [1.165, 1.54) is 19.3 Å². The lowest BCUT2D eigenvalue weighted by atomic mass is 9.78. The molecule has 0 amide bonds. The Hall–Kier alpha value is -0.440. The lowest BCUT2D eigenvalue weighted by Crippen LogP contribution is -2.41. The van der Waals surface area contributed by atoms with Gasteiger partial charge >= 0.3 is 0 Å². The molecule has 0 radical (unpaired) electrons. The van der Waals surface area contributed by atoms with E-state index in [4.69, 9.17) is 0 Å². The minimum absolute atomic E-state index is 0.305. The van der Waals surface area contributed by atoms with E-state index in [1.54, 1.807) is 0 Å². The summed E-state index contributed by atoms with van der Waals surface area (Å²) in [6, 6.07) is 0. The van der Waals surface area contributed by atoms with Crippen LogP contribution in [0.2, 0.25) is 0 Å². The molecule has 1 aromatic rings. The fourth-order valence-corrected chi connectivity index (χ4v) is 2.10. The molecule has 0 aromatic carbocycles. The monoisotopic (exact) mass is 168 g/mol. The van der Waals surface area contributed by atoms with Crippen LogP contribution in [-0.2, 0) is 5.54 Å². The summed E-state index contributed by atoms with van der Waals surface area (Å²) in [5.41, 5.74) is 0.305. The molecule has 1 aliphatic rings. The molecule has 0 aliphatic heterocycles. The lowest BCUT2D eigenvalue weighted by Gasteiger charge is -2.41. The highest BCUT2D eigenvalue weighted by molar-refractivity contribution is 7.80. The van der Waals surface area contributed by atoms with Crippen LogP contribution in [0, 0.1) is 0 Å². The maximum Gasteiger partial charge on any atom is 0.0951 e. The Morgan fingerprint density at radius 3 is 2.73 bits per heavy atom. The number of rotatable bonds is 2. The number of imidazole rings is 1. The number of hydrogen-bond acceptors (Lipinski definition) is 2. The predicted molar refractivity (Wildman–Crippen MR) is 47.9 cm³/mol. The summed E-state index contributed by atoms with van der Waals surface area (Å²) in [5.74, 6) is 0.934. The molecule has 11 heavy (non-hydrogen) atoms. The molecular formula is C8H12N2S. The van der Waals surface area contributed by atoms with Crippen molar-refractivity contribution in [1.82, 2.24) is 9.55 Å². The highest BCUT2D eigenvalue weighted by atomic mass is 32.1. The van der Waals surface area contributed by atoms with Gasteiger partial charge in [0.15, 0.2) is 0 Å². The number of thiol groups is 1. The summed E-state index contributed by atoms with van der Waals surface area (Å²) >= 11 is 4.37. The van der Waals surface area contributed by atoms with E-state index in [1.807, 2.05) is 18.7 Å². The standard InChI is InChI=1S/C8H12N2S/c11-6-8(2-1-3-8)10-5-4-9-7-10/h4-5,7,11H,1-3,6H2. The first-order valence-electron chi connectivity index (χ1n) is 3.97. The van der Waals surface area contributed by atoms with E-state index in [0.29, 0.717) is 5.54 Å². The second-order valence-corrected chi connectivity index (χ2v) is 3.52. The lowest BCUT2D eigenvalue weighted by molar-refractivity contribution is 0.175. The Bertz CT molecular complexity index is 221. The molecule has 60 valence electrons. The summed E-state index contributed by atoms with van der Waals surface area (Å²) in [5, 5.41) is 0. The summed E-state index contributed by atoms with van der Waals surface area (Å²) < 4.78 is 2.20. The van der Waals surface area contributed by atoms with Crippen molar-refractivity contribution >= 4 is 12.6 Å². The molecule has 1 heterocycles. The quantitative estimate of drug-likeness (QED) is 0.665. The molecule has 0 saturated heterocycles. The predicted octanol–water partition coefficient (Wildman–Crippen LogP) is 1.69. The molecule has 1 saturated carbocycles. The van der Waals surface area contributed by atoms with E-state index in [2.05, 4.69) is 22.2 Å². The number of nitrogens with zero attached hydrogens (tertiary/aromatic N) is 2. The molecule has 2 nitrogen and oxygen atoms in total. The maximum atomic E-state index is 4.37. The SMILES string of the molecule is SCC1(n2ccnc2)CCC1. The Morgan fingerprint density at radius 2 is 2.36 bits per heavy atom. The van der Waals surface area contributed by atoms with E-state index in [0.717, 1.165) is 5.75 Å². The highest BCUT2D eigenvalue weighted by Gasteiger charge is 2.36. The van der Waals surface area contributed by atoms with Crippen molar-refractivity contribution in [2.45, 2.75) is 24.8 Å². The Kier molecular flexibility index (Phi) is 1.68. The highest BCUT2D eigenvalue weighted by Crippen LogP contribution is 2.39. The van der Waals surface area contributed by atoms with Gasteiger partial charge in [0.05, 0.1) is 11.9 Å². The van der Waals surface area contributed by atoms with Gasteiger partial charge in [-0.2, -0.15) is 12.6 Å². The molecule has 1 aliphatic carbocycles. The van der Waals surface area contributed by atoms with Gasteiger partial charge in [0, 0.05) is 18.1 Å². The molecule has 0 bridgehead atoms. The van der Waals surface area contributed by atoms with Crippen LogP contribution in [0.5, 0.6) is 0 Å². The molecule has 1 fully saturated rings. The van der Waals surface area contributed by atoms with Gasteiger partial charge in [-0.25, -0.2) is 4.98 Å². The van der Waals surface area contributed by atoms with E-state index >= 15 is 0 Å². The van der Waals surface area contributed by atoms with Crippen molar-refractivity contribution in [1.29, 1.82) is 0 Å². The molecule has 0 atom stereocenters. The zero-order valence-corrected chi connectivity index (χ0v) is 7.30. The third kappa shape index (κ3) is 0.984. The first-order chi connectivity index (χ1) is 5.37. The van der Waals surface area contributed by atoms with Crippen molar-refractivity contribution in [3.05, 3.63) is 18.7 Å². The third-order valence-electron chi connectivity index (χ3n) is 2.63. The van der Waals surface area contributed by atoms with Gasteiger partial charge in [0.25, 0.3) is 0 Å². The summed E-state index contributed by atoms with van der Waals surface area (Å²) in [7, 11) is 0. The van der Waals surface area contributed by atoms with Crippen molar-refractivity contribution in [2.75, 3.05) is 5.75 Å². The average Bonchev–Trinajstić information content (AvgIpc) is 2.39. The summed E-state index contributed by atoms with van der Waals surface area (Å²) in [6.45, 7) is 0. The Balaban J connectivity index is 2.25. The van der Waals surface area contributed by atoms with Crippen LogP contribution in [0.3, 0.4) is 0 Å². The van der Waals surface area contributed by atoms with E-state index in [-0.39, 0.29) is 0 Å². The Labute approximate surface area is 72.0 Å². The van der Waals surface area contributed by atoms with E-state index < -0.39 is 0 Å².